The fourth-order valence-electron chi connectivity index (χ4n) is 2.78. The Bertz CT molecular complexity index is 588. The van der Waals surface area contributed by atoms with Crippen LogP contribution >= 0.6 is 0 Å². The van der Waals surface area contributed by atoms with Gasteiger partial charge in [0.15, 0.2) is 0 Å². The number of phenolic OH excluding ortho intramolecular Hbond substituents is 1. The Morgan fingerprint density at radius 1 is 1.43 bits per heavy atom. The van der Waals surface area contributed by atoms with Crippen molar-refractivity contribution >= 4 is 17.5 Å². The summed E-state index contributed by atoms with van der Waals surface area (Å²) in [7, 11) is 0. The second-order valence-electron chi connectivity index (χ2n) is 5.90. The summed E-state index contributed by atoms with van der Waals surface area (Å²) in [5.41, 5.74) is 7.34. The van der Waals surface area contributed by atoms with E-state index in [-0.39, 0.29) is 17.6 Å². The van der Waals surface area contributed by atoms with E-state index < -0.39 is 12.1 Å². The molecule has 2 rings (SSSR count). The first-order valence-corrected chi connectivity index (χ1v) is 8.17. The van der Waals surface area contributed by atoms with Gasteiger partial charge in [-0.2, -0.15) is 0 Å². The molecule has 1 aliphatic rings. The van der Waals surface area contributed by atoms with Crippen LogP contribution in [0.15, 0.2) is 18.2 Å². The van der Waals surface area contributed by atoms with Crippen LogP contribution in [0.3, 0.4) is 0 Å². The summed E-state index contributed by atoms with van der Waals surface area (Å²) in [6.45, 7) is 4.48. The number of hydrogen-bond acceptors (Lipinski definition) is 4. The number of aromatic hydroxyl groups is 1. The Balaban J connectivity index is 2.27. The lowest BCUT2D eigenvalue weighted by atomic mass is 10.1. The number of nitrogens with one attached hydrogen (secondary N) is 1. The van der Waals surface area contributed by atoms with E-state index in [9.17, 15) is 14.7 Å². The molecule has 0 spiro atoms. The molecule has 23 heavy (non-hydrogen) atoms. The lowest BCUT2D eigenvalue weighted by molar-refractivity contribution is -0.126. The zero-order valence-corrected chi connectivity index (χ0v) is 13.7. The topological polar surface area (TPSA) is 95.7 Å². The number of unbranched alkanes of at least 4 members (excludes halogenated alkanes) is 1. The molecule has 0 unspecified atom stereocenters. The minimum Gasteiger partial charge on any atom is -0.508 e. The molecule has 0 saturated heterocycles. The van der Waals surface area contributed by atoms with Crippen molar-refractivity contribution in [1.29, 1.82) is 0 Å². The number of fused-ring (bicyclic) bond motifs is 1. The Kier molecular flexibility index (Phi) is 5.60. The predicted molar refractivity (Wildman–Crippen MR) is 89.3 cm³/mol. The third kappa shape index (κ3) is 3.64. The molecule has 0 aliphatic carbocycles. The lowest BCUT2D eigenvalue weighted by Crippen LogP contribution is -2.53. The molecule has 4 N–H and O–H groups in total. The van der Waals surface area contributed by atoms with Gasteiger partial charge in [0.25, 0.3) is 0 Å². The van der Waals surface area contributed by atoms with Gasteiger partial charge in [-0.25, -0.2) is 0 Å². The summed E-state index contributed by atoms with van der Waals surface area (Å²) in [6.07, 6.45) is 2.79. The first-order chi connectivity index (χ1) is 11.0. The molecule has 1 aromatic rings. The number of anilines is 1. The maximum absolute atomic E-state index is 12.6. The van der Waals surface area contributed by atoms with Crippen LogP contribution in [0.4, 0.5) is 5.69 Å². The van der Waals surface area contributed by atoms with E-state index in [1.54, 1.807) is 12.1 Å². The standard InChI is InChI=1S/C17H25N3O3/c1-3-5-8-19-16(22)15-10-11-9-12(21)6-7-14(11)20(15)17(23)13(18)4-2/h6-7,9,13,15,21H,3-5,8,10,18H2,1-2H3,(H,19,22)/t13-,15+/m1/s1. The van der Waals surface area contributed by atoms with Crippen LogP contribution in [0.5, 0.6) is 5.75 Å². The van der Waals surface area contributed by atoms with Crippen molar-refractivity contribution in [2.45, 2.75) is 51.6 Å². The highest BCUT2D eigenvalue weighted by Gasteiger charge is 2.39. The molecule has 6 heteroatoms. The van der Waals surface area contributed by atoms with Crippen molar-refractivity contribution in [3.8, 4) is 5.75 Å². The van der Waals surface area contributed by atoms with Crippen molar-refractivity contribution in [2.75, 3.05) is 11.4 Å². The van der Waals surface area contributed by atoms with Gasteiger partial charge in [0.2, 0.25) is 11.8 Å². The van der Waals surface area contributed by atoms with Crippen molar-refractivity contribution in [2.24, 2.45) is 5.73 Å². The first-order valence-electron chi connectivity index (χ1n) is 8.17. The quantitative estimate of drug-likeness (QED) is 0.689. The van der Waals surface area contributed by atoms with E-state index >= 15 is 0 Å². The average Bonchev–Trinajstić information content (AvgIpc) is 2.91. The van der Waals surface area contributed by atoms with Gasteiger partial charge in [0.1, 0.15) is 11.8 Å². The molecule has 1 aromatic carbocycles. The van der Waals surface area contributed by atoms with Gasteiger partial charge in [-0.3, -0.25) is 14.5 Å². The smallest absolute Gasteiger partial charge is 0.244 e. The van der Waals surface area contributed by atoms with Crippen LogP contribution in [0.25, 0.3) is 0 Å². The van der Waals surface area contributed by atoms with Gasteiger partial charge in [0, 0.05) is 18.7 Å². The van der Waals surface area contributed by atoms with Crippen molar-refractivity contribution < 1.29 is 14.7 Å². The molecule has 0 fully saturated rings. The van der Waals surface area contributed by atoms with Gasteiger partial charge in [-0.05, 0) is 36.6 Å². The van der Waals surface area contributed by atoms with Crippen LogP contribution < -0.4 is 16.0 Å². The number of benzene rings is 1. The second-order valence-corrected chi connectivity index (χ2v) is 5.90. The van der Waals surface area contributed by atoms with Crippen molar-refractivity contribution in [1.82, 2.24) is 5.32 Å². The number of carbonyl (C=O) groups excluding carboxylic acids is 2. The normalized spacial score (nSPS) is 17.7. The molecule has 1 aliphatic heterocycles. The number of amides is 2. The first kappa shape index (κ1) is 17.3. The Labute approximate surface area is 136 Å². The molecule has 0 bridgehead atoms. The fourth-order valence-corrected chi connectivity index (χ4v) is 2.78. The van der Waals surface area contributed by atoms with E-state index in [4.69, 9.17) is 5.73 Å². The third-order valence-electron chi connectivity index (χ3n) is 4.17. The minimum absolute atomic E-state index is 0.128. The van der Waals surface area contributed by atoms with Crippen molar-refractivity contribution in [3.05, 3.63) is 23.8 Å². The van der Waals surface area contributed by atoms with Gasteiger partial charge < -0.3 is 16.2 Å². The zero-order valence-electron chi connectivity index (χ0n) is 13.7. The molecular weight excluding hydrogens is 294 g/mol. The van der Waals surface area contributed by atoms with E-state index in [0.717, 1.165) is 18.4 Å². The predicted octanol–water partition coefficient (Wildman–Crippen LogP) is 1.30. The largest absolute Gasteiger partial charge is 0.508 e. The monoisotopic (exact) mass is 319 g/mol. The Morgan fingerprint density at radius 3 is 2.83 bits per heavy atom. The van der Waals surface area contributed by atoms with Gasteiger partial charge >= 0.3 is 0 Å². The summed E-state index contributed by atoms with van der Waals surface area (Å²) in [5, 5.41) is 12.5. The molecule has 126 valence electrons. The Hall–Kier alpha value is -2.08. The van der Waals surface area contributed by atoms with E-state index in [0.29, 0.717) is 25.1 Å². The van der Waals surface area contributed by atoms with Crippen LogP contribution in [-0.2, 0) is 16.0 Å². The highest BCUT2D eigenvalue weighted by atomic mass is 16.3. The fraction of sp³-hybridized carbons (Fsp3) is 0.529. The highest BCUT2D eigenvalue weighted by molar-refractivity contribution is 6.05. The van der Waals surface area contributed by atoms with Crippen LogP contribution in [0.1, 0.15) is 38.7 Å². The maximum atomic E-state index is 12.6. The Morgan fingerprint density at radius 2 is 2.17 bits per heavy atom. The number of hydrogen-bond donors (Lipinski definition) is 3. The summed E-state index contributed by atoms with van der Waals surface area (Å²) in [5.74, 6) is -0.304. The number of nitrogens with two attached hydrogens (primary N) is 1. The molecule has 6 nitrogen and oxygen atoms in total. The lowest BCUT2D eigenvalue weighted by Gasteiger charge is -2.27. The van der Waals surface area contributed by atoms with Gasteiger partial charge in [0.05, 0.1) is 6.04 Å². The molecule has 0 radical (unpaired) electrons. The maximum Gasteiger partial charge on any atom is 0.244 e. The number of rotatable bonds is 6. The number of phenols is 1. The summed E-state index contributed by atoms with van der Waals surface area (Å²) in [4.78, 5) is 26.6. The second kappa shape index (κ2) is 7.46. The van der Waals surface area contributed by atoms with Crippen molar-refractivity contribution in [3.63, 3.8) is 0 Å². The van der Waals surface area contributed by atoms with Gasteiger partial charge in [-0.15, -0.1) is 0 Å². The van der Waals surface area contributed by atoms with Crippen LogP contribution in [0, 0.1) is 0 Å². The molecule has 2 amide bonds. The minimum atomic E-state index is -0.638. The SMILES string of the molecule is CCCCNC(=O)[C@@H]1Cc2cc(O)ccc2N1C(=O)[C@H](N)CC. The molecule has 0 aromatic heterocycles. The summed E-state index contributed by atoms with van der Waals surface area (Å²) >= 11 is 0. The molecule has 2 atom stereocenters. The van der Waals surface area contributed by atoms with Gasteiger partial charge in [-0.1, -0.05) is 20.3 Å². The third-order valence-corrected chi connectivity index (χ3v) is 4.17. The summed E-state index contributed by atoms with van der Waals surface area (Å²) in [6, 6.07) is 3.56. The highest BCUT2D eigenvalue weighted by Crippen LogP contribution is 2.35. The zero-order chi connectivity index (χ0) is 17.0. The van der Waals surface area contributed by atoms with E-state index in [1.807, 2.05) is 6.92 Å². The van der Waals surface area contributed by atoms with E-state index in [1.165, 1.54) is 11.0 Å². The van der Waals surface area contributed by atoms with E-state index in [2.05, 4.69) is 12.2 Å². The summed E-state index contributed by atoms with van der Waals surface area (Å²) < 4.78 is 0. The number of nitrogens with zero attached hydrogens (tertiary/aromatic N) is 1. The number of carbonyl (C=O) groups is 2. The van der Waals surface area contributed by atoms with Crippen LogP contribution in [-0.4, -0.2) is 35.5 Å². The van der Waals surface area contributed by atoms with Crippen LogP contribution in [0.2, 0.25) is 0 Å². The average molecular weight is 319 g/mol. The molecule has 1 heterocycles. The molecule has 0 saturated carbocycles. The molecular formula is C17H25N3O3.